The predicted octanol–water partition coefficient (Wildman–Crippen LogP) is 0.731. The number of hydrogen-bond donors (Lipinski definition) is 1. The summed E-state index contributed by atoms with van der Waals surface area (Å²) in [5.74, 6) is 0.105. The zero-order valence-corrected chi connectivity index (χ0v) is 11.9. The van der Waals surface area contributed by atoms with Crippen LogP contribution in [0.5, 0.6) is 5.75 Å². The zero-order chi connectivity index (χ0) is 15.2. The first-order valence-corrected chi connectivity index (χ1v) is 6.93. The lowest BCUT2D eigenvalue weighted by Gasteiger charge is -2.34. The maximum atomic E-state index is 12.7. The molecule has 1 saturated heterocycles. The third-order valence-corrected chi connectivity index (χ3v) is 3.41. The number of morpholine rings is 1. The Kier molecular flexibility index (Phi) is 5.30. The van der Waals surface area contributed by atoms with Gasteiger partial charge in [-0.3, -0.25) is 9.59 Å². The molecular weight excluding hydrogens is 274 g/mol. The van der Waals surface area contributed by atoms with E-state index in [1.54, 1.807) is 23.1 Å². The highest BCUT2D eigenvalue weighted by molar-refractivity contribution is 6.03. The van der Waals surface area contributed by atoms with Crippen molar-refractivity contribution in [3.63, 3.8) is 0 Å². The minimum absolute atomic E-state index is 0.173. The number of benzene rings is 1. The van der Waals surface area contributed by atoms with E-state index in [1.807, 2.05) is 6.92 Å². The second-order valence-corrected chi connectivity index (χ2v) is 4.68. The molecule has 114 valence electrons. The largest absolute Gasteiger partial charge is 0.493 e. The summed E-state index contributed by atoms with van der Waals surface area (Å²) in [7, 11) is 0. The lowest BCUT2D eigenvalue weighted by molar-refractivity contribution is -0.0184. The number of aldehydes is 1. The van der Waals surface area contributed by atoms with E-state index in [0.29, 0.717) is 38.4 Å². The van der Waals surface area contributed by atoms with Crippen LogP contribution in [0.2, 0.25) is 0 Å². The van der Waals surface area contributed by atoms with Gasteiger partial charge in [0.25, 0.3) is 5.91 Å². The van der Waals surface area contributed by atoms with Crippen molar-refractivity contribution >= 4 is 12.2 Å². The zero-order valence-electron chi connectivity index (χ0n) is 11.9. The first kappa shape index (κ1) is 15.5. The number of hydrogen-bond acceptors (Lipinski definition) is 5. The normalized spacial score (nSPS) is 18.4. The Morgan fingerprint density at radius 1 is 1.57 bits per heavy atom. The lowest BCUT2D eigenvalue weighted by atomic mass is 10.0. The van der Waals surface area contributed by atoms with E-state index in [-0.39, 0.29) is 29.7 Å². The van der Waals surface area contributed by atoms with Gasteiger partial charge in [0.15, 0.2) is 6.29 Å². The van der Waals surface area contributed by atoms with Gasteiger partial charge in [-0.15, -0.1) is 0 Å². The molecule has 0 aromatic heterocycles. The van der Waals surface area contributed by atoms with Crippen molar-refractivity contribution in [3.05, 3.63) is 29.3 Å². The average Bonchev–Trinajstić information content (AvgIpc) is 2.54. The number of carbonyl (C=O) groups is 2. The van der Waals surface area contributed by atoms with Gasteiger partial charge in [-0.1, -0.05) is 6.07 Å². The molecule has 1 amide bonds. The molecule has 1 fully saturated rings. The lowest BCUT2D eigenvalue weighted by Crippen LogP contribution is -2.50. The first-order chi connectivity index (χ1) is 10.2. The highest BCUT2D eigenvalue weighted by atomic mass is 16.5. The van der Waals surface area contributed by atoms with Crippen molar-refractivity contribution in [2.45, 2.75) is 13.0 Å². The summed E-state index contributed by atoms with van der Waals surface area (Å²) in [6.07, 6.45) is 0.632. The fourth-order valence-corrected chi connectivity index (χ4v) is 2.36. The third kappa shape index (κ3) is 3.22. The van der Waals surface area contributed by atoms with Gasteiger partial charge in [0, 0.05) is 6.54 Å². The van der Waals surface area contributed by atoms with Crippen LogP contribution in [0, 0.1) is 0 Å². The summed E-state index contributed by atoms with van der Waals surface area (Å²) in [5, 5.41) is 9.35. The van der Waals surface area contributed by atoms with Crippen molar-refractivity contribution in [2.75, 3.05) is 33.0 Å². The Labute approximate surface area is 123 Å². The molecule has 0 aliphatic carbocycles. The Morgan fingerprint density at radius 2 is 2.38 bits per heavy atom. The molecule has 6 heteroatoms. The van der Waals surface area contributed by atoms with Gasteiger partial charge in [0.1, 0.15) is 5.75 Å². The van der Waals surface area contributed by atoms with Crippen LogP contribution in [0.1, 0.15) is 27.6 Å². The number of aliphatic hydroxyl groups excluding tert-OH is 1. The molecule has 2 rings (SSSR count). The minimum Gasteiger partial charge on any atom is -0.493 e. The molecule has 0 saturated carbocycles. The Hall–Kier alpha value is -1.92. The third-order valence-electron chi connectivity index (χ3n) is 3.41. The molecular formula is C15H19NO5. The summed E-state index contributed by atoms with van der Waals surface area (Å²) in [6, 6.07) is 4.55. The quantitative estimate of drug-likeness (QED) is 0.810. The van der Waals surface area contributed by atoms with Crippen LogP contribution in [0.15, 0.2) is 18.2 Å². The second-order valence-electron chi connectivity index (χ2n) is 4.68. The molecule has 21 heavy (non-hydrogen) atoms. The summed E-state index contributed by atoms with van der Waals surface area (Å²) in [6.45, 7) is 3.16. The van der Waals surface area contributed by atoms with Crippen LogP contribution >= 0.6 is 0 Å². The smallest absolute Gasteiger partial charge is 0.255 e. The maximum Gasteiger partial charge on any atom is 0.255 e. The van der Waals surface area contributed by atoms with Gasteiger partial charge in [0.05, 0.1) is 43.6 Å². The number of carbonyl (C=O) groups excluding carboxylic acids is 2. The molecule has 1 aliphatic heterocycles. The fourth-order valence-electron chi connectivity index (χ4n) is 2.36. The molecule has 1 heterocycles. The van der Waals surface area contributed by atoms with Crippen molar-refractivity contribution in [1.29, 1.82) is 0 Å². The van der Waals surface area contributed by atoms with Crippen LogP contribution < -0.4 is 4.74 Å². The molecule has 0 radical (unpaired) electrons. The summed E-state index contributed by atoms with van der Waals surface area (Å²) in [5.41, 5.74) is 0.531. The standard InChI is InChI=1S/C15H19NO5/c1-2-21-14-5-3-4-12(13(14)9-18)15(19)16-6-7-20-10-11(16)8-17/h3-5,9,11,17H,2,6-8,10H2,1H3/t11-/m1/s1. The van der Waals surface area contributed by atoms with E-state index in [0.717, 1.165) is 0 Å². The highest BCUT2D eigenvalue weighted by Crippen LogP contribution is 2.23. The fraction of sp³-hybridized carbons (Fsp3) is 0.467. The van der Waals surface area contributed by atoms with E-state index in [4.69, 9.17) is 9.47 Å². The topological polar surface area (TPSA) is 76.1 Å². The maximum absolute atomic E-state index is 12.7. The molecule has 1 atom stereocenters. The SMILES string of the molecule is CCOc1cccc(C(=O)N2CCOC[C@H]2CO)c1C=O. The monoisotopic (exact) mass is 293 g/mol. The average molecular weight is 293 g/mol. The van der Waals surface area contributed by atoms with E-state index in [1.165, 1.54) is 0 Å². The Morgan fingerprint density at radius 3 is 3.05 bits per heavy atom. The van der Waals surface area contributed by atoms with Gasteiger partial charge in [0.2, 0.25) is 0 Å². The first-order valence-electron chi connectivity index (χ1n) is 6.93. The summed E-state index contributed by atoms with van der Waals surface area (Å²) < 4.78 is 10.6. The molecule has 0 unspecified atom stereocenters. The number of ether oxygens (including phenoxy) is 2. The van der Waals surface area contributed by atoms with Crippen LogP contribution in [-0.2, 0) is 4.74 Å². The summed E-state index contributed by atoms with van der Waals surface area (Å²) >= 11 is 0. The molecule has 1 aliphatic rings. The number of rotatable bonds is 5. The minimum atomic E-state index is -0.387. The van der Waals surface area contributed by atoms with Gasteiger partial charge < -0.3 is 19.5 Å². The van der Waals surface area contributed by atoms with Crippen molar-refractivity contribution in [2.24, 2.45) is 0 Å². The number of aliphatic hydroxyl groups is 1. The Bertz CT molecular complexity index is 517. The van der Waals surface area contributed by atoms with Gasteiger partial charge in [-0.2, -0.15) is 0 Å². The Balaban J connectivity index is 2.33. The van der Waals surface area contributed by atoms with Crippen molar-refractivity contribution < 1.29 is 24.2 Å². The van der Waals surface area contributed by atoms with Crippen LogP contribution in [0.4, 0.5) is 0 Å². The van der Waals surface area contributed by atoms with Gasteiger partial charge in [-0.25, -0.2) is 0 Å². The summed E-state index contributed by atoms with van der Waals surface area (Å²) in [4.78, 5) is 25.5. The number of amides is 1. The van der Waals surface area contributed by atoms with E-state index in [2.05, 4.69) is 0 Å². The molecule has 6 nitrogen and oxygen atoms in total. The van der Waals surface area contributed by atoms with Crippen molar-refractivity contribution in [3.8, 4) is 5.75 Å². The molecule has 1 N–H and O–H groups in total. The number of nitrogens with zero attached hydrogens (tertiary/aromatic N) is 1. The van der Waals surface area contributed by atoms with Crippen LogP contribution in [0.25, 0.3) is 0 Å². The second kappa shape index (κ2) is 7.19. The molecule has 1 aromatic rings. The van der Waals surface area contributed by atoms with Gasteiger partial charge >= 0.3 is 0 Å². The van der Waals surface area contributed by atoms with E-state index < -0.39 is 0 Å². The molecule has 1 aromatic carbocycles. The van der Waals surface area contributed by atoms with Crippen LogP contribution in [-0.4, -0.2) is 61.2 Å². The van der Waals surface area contributed by atoms with E-state index >= 15 is 0 Å². The predicted molar refractivity (Wildman–Crippen MR) is 75.7 cm³/mol. The molecule has 0 spiro atoms. The van der Waals surface area contributed by atoms with Crippen molar-refractivity contribution in [1.82, 2.24) is 4.90 Å². The van der Waals surface area contributed by atoms with E-state index in [9.17, 15) is 14.7 Å². The molecule has 0 bridgehead atoms. The van der Waals surface area contributed by atoms with Gasteiger partial charge in [-0.05, 0) is 19.1 Å². The highest BCUT2D eigenvalue weighted by Gasteiger charge is 2.29. The van der Waals surface area contributed by atoms with Crippen LogP contribution in [0.3, 0.4) is 0 Å².